The first-order valence-electron chi connectivity index (χ1n) is 8.96. The second-order valence-corrected chi connectivity index (χ2v) is 8.73. The van der Waals surface area contributed by atoms with E-state index in [1.54, 1.807) is 23.5 Å². The fourth-order valence-electron chi connectivity index (χ4n) is 3.55. The molecule has 28 heavy (non-hydrogen) atoms. The molecule has 0 radical (unpaired) electrons. The molecule has 0 atom stereocenters. The van der Waals surface area contributed by atoms with Gasteiger partial charge in [0.25, 0.3) is 11.2 Å². The first kappa shape index (κ1) is 17.3. The van der Waals surface area contributed by atoms with Crippen LogP contribution >= 0.6 is 22.7 Å². The van der Waals surface area contributed by atoms with E-state index in [0.29, 0.717) is 21.2 Å². The van der Waals surface area contributed by atoms with Crippen LogP contribution in [0.4, 0.5) is 16.5 Å². The SMILES string of the molecule is O=c1c2c3c(sc2nc2sc(Nc4ccc([N+](=O)[O-])cc4)nn12)CCCCC3. The van der Waals surface area contributed by atoms with Crippen molar-refractivity contribution < 1.29 is 4.92 Å². The predicted octanol–water partition coefficient (Wildman–Crippen LogP) is 4.29. The third-order valence-electron chi connectivity index (χ3n) is 4.90. The molecule has 0 saturated heterocycles. The maximum Gasteiger partial charge on any atom is 0.284 e. The van der Waals surface area contributed by atoms with Gasteiger partial charge in [-0.2, -0.15) is 4.52 Å². The Morgan fingerprint density at radius 2 is 1.89 bits per heavy atom. The van der Waals surface area contributed by atoms with Crippen molar-refractivity contribution >= 4 is 54.4 Å². The maximum absolute atomic E-state index is 13.1. The van der Waals surface area contributed by atoms with Crippen LogP contribution in [-0.2, 0) is 12.8 Å². The number of nitro benzene ring substituents is 1. The molecule has 0 fully saturated rings. The quantitative estimate of drug-likeness (QED) is 0.305. The number of benzene rings is 1. The first-order valence-corrected chi connectivity index (χ1v) is 10.6. The van der Waals surface area contributed by atoms with Gasteiger partial charge < -0.3 is 5.32 Å². The maximum atomic E-state index is 13.1. The van der Waals surface area contributed by atoms with Crippen LogP contribution in [0.3, 0.4) is 0 Å². The van der Waals surface area contributed by atoms with Crippen LogP contribution < -0.4 is 10.9 Å². The lowest BCUT2D eigenvalue weighted by molar-refractivity contribution is -0.384. The van der Waals surface area contributed by atoms with Crippen LogP contribution in [0.1, 0.15) is 29.7 Å². The Morgan fingerprint density at radius 1 is 1.11 bits per heavy atom. The number of fused-ring (bicyclic) bond motifs is 4. The zero-order chi connectivity index (χ0) is 19.3. The van der Waals surface area contributed by atoms with E-state index in [9.17, 15) is 14.9 Å². The Labute approximate surface area is 166 Å². The van der Waals surface area contributed by atoms with Crippen LogP contribution in [0.2, 0.25) is 0 Å². The fourth-order valence-corrected chi connectivity index (χ4v) is 5.67. The molecule has 0 unspecified atom stereocenters. The number of thiophene rings is 1. The summed E-state index contributed by atoms with van der Waals surface area (Å²) in [7, 11) is 0. The van der Waals surface area contributed by atoms with Crippen LogP contribution in [-0.4, -0.2) is 19.5 Å². The van der Waals surface area contributed by atoms with Gasteiger partial charge in [0.1, 0.15) is 4.83 Å². The van der Waals surface area contributed by atoms with Crippen molar-refractivity contribution in [1.29, 1.82) is 0 Å². The van der Waals surface area contributed by atoms with E-state index >= 15 is 0 Å². The molecule has 0 amide bonds. The van der Waals surface area contributed by atoms with Crippen molar-refractivity contribution in [1.82, 2.24) is 14.6 Å². The number of nitro groups is 1. The summed E-state index contributed by atoms with van der Waals surface area (Å²) in [6, 6.07) is 6.06. The van der Waals surface area contributed by atoms with Crippen molar-refractivity contribution in [2.24, 2.45) is 0 Å². The zero-order valence-electron chi connectivity index (χ0n) is 14.7. The summed E-state index contributed by atoms with van der Waals surface area (Å²) < 4.78 is 1.36. The smallest absolute Gasteiger partial charge is 0.284 e. The molecule has 5 rings (SSSR count). The standard InChI is InChI=1S/C18H15N5O3S2/c24-16-14-12-4-2-1-3-5-13(12)27-15(14)20-18-22(16)21-17(28-18)19-10-6-8-11(9-7-10)23(25)26/h6-9H,1-5H2,(H,19,21). The van der Waals surface area contributed by atoms with E-state index in [0.717, 1.165) is 36.1 Å². The number of nitrogens with one attached hydrogen (secondary N) is 1. The highest BCUT2D eigenvalue weighted by atomic mass is 32.1. The van der Waals surface area contributed by atoms with Crippen molar-refractivity contribution in [3.63, 3.8) is 0 Å². The third-order valence-corrected chi connectivity index (χ3v) is 6.91. The highest BCUT2D eigenvalue weighted by molar-refractivity contribution is 7.21. The van der Waals surface area contributed by atoms with Gasteiger partial charge in [-0.05, 0) is 43.4 Å². The van der Waals surface area contributed by atoms with Gasteiger partial charge in [-0.25, -0.2) is 4.98 Å². The number of anilines is 2. The van der Waals surface area contributed by atoms with Crippen molar-refractivity contribution in [2.75, 3.05) is 5.32 Å². The van der Waals surface area contributed by atoms with Gasteiger partial charge >= 0.3 is 0 Å². The third kappa shape index (κ3) is 2.85. The molecule has 0 aliphatic heterocycles. The van der Waals surface area contributed by atoms with Crippen molar-refractivity contribution in [3.8, 4) is 0 Å². The molecule has 1 aromatic carbocycles. The monoisotopic (exact) mass is 413 g/mol. The van der Waals surface area contributed by atoms with Crippen LogP contribution in [0.5, 0.6) is 0 Å². The molecule has 1 N–H and O–H groups in total. The highest BCUT2D eigenvalue weighted by Crippen LogP contribution is 2.34. The van der Waals surface area contributed by atoms with E-state index in [1.807, 2.05) is 0 Å². The Balaban J connectivity index is 1.55. The predicted molar refractivity (Wildman–Crippen MR) is 110 cm³/mol. The number of hydrogen-bond donors (Lipinski definition) is 1. The number of rotatable bonds is 3. The van der Waals surface area contributed by atoms with Gasteiger partial charge in [-0.15, -0.1) is 16.4 Å². The molecule has 4 aromatic rings. The van der Waals surface area contributed by atoms with Crippen LogP contribution in [0.15, 0.2) is 29.1 Å². The topological polar surface area (TPSA) is 102 Å². The fraction of sp³-hybridized carbons (Fsp3) is 0.278. The summed E-state index contributed by atoms with van der Waals surface area (Å²) in [6.07, 6.45) is 5.41. The Morgan fingerprint density at radius 3 is 2.68 bits per heavy atom. The van der Waals surface area contributed by atoms with Gasteiger partial charge in [0.2, 0.25) is 10.1 Å². The van der Waals surface area contributed by atoms with Gasteiger partial charge in [-0.3, -0.25) is 14.9 Å². The lowest BCUT2D eigenvalue weighted by Gasteiger charge is -2.00. The summed E-state index contributed by atoms with van der Waals surface area (Å²) in [5.74, 6) is 0. The molecule has 1 aliphatic rings. The molecular weight excluding hydrogens is 398 g/mol. The average Bonchev–Trinajstić information content (AvgIpc) is 3.15. The Hall–Kier alpha value is -2.85. The molecule has 0 spiro atoms. The average molecular weight is 413 g/mol. The first-order chi connectivity index (χ1) is 13.6. The van der Waals surface area contributed by atoms with E-state index in [2.05, 4.69) is 15.4 Å². The summed E-state index contributed by atoms with van der Waals surface area (Å²) in [6.45, 7) is 0. The largest absolute Gasteiger partial charge is 0.330 e. The van der Waals surface area contributed by atoms with E-state index in [4.69, 9.17) is 0 Å². The molecule has 8 nitrogen and oxygen atoms in total. The van der Waals surface area contributed by atoms with E-state index in [1.165, 1.54) is 39.3 Å². The number of hydrogen-bond acceptors (Lipinski definition) is 8. The molecule has 1 aliphatic carbocycles. The van der Waals surface area contributed by atoms with E-state index < -0.39 is 4.92 Å². The number of non-ortho nitro benzene ring substituents is 1. The lowest BCUT2D eigenvalue weighted by Crippen LogP contribution is -2.15. The summed E-state index contributed by atoms with van der Waals surface area (Å²) in [4.78, 5) is 30.7. The van der Waals surface area contributed by atoms with Crippen molar-refractivity contribution in [2.45, 2.75) is 32.1 Å². The highest BCUT2D eigenvalue weighted by Gasteiger charge is 2.21. The molecule has 3 heterocycles. The summed E-state index contributed by atoms with van der Waals surface area (Å²) in [5, 5.41) is 19.5. The molecule has 0 bridgehead atoms. The van der Waals surface area contributed by atoms with E-state index in [-0.39, 0.29) is 11.2 Å². The summed E-state index contributed by atoms with van der Waals surface area (Å²) in [5.41, 5.74) is 1.72. The van der Waals surface area contributed by atoms with Gasteiger partial charge in [-0.1, -0.05) is 17.8 Å². The molecule has 142 valence electrons. The number of aromatic nitrogens is 3. The molecule has 10 heteroatoms. The molecule has 3 aromatic heterocycles. The molecular formula is C18H15N5O3S2. The minimum Gasteiger partial charge on any atom is -0.330 e. The minimum atomic E-state index is -0.444. The van der Waals surface area contributed by atoms with Crippen LogP contribution in [0, 0.1) is 10.1 Å². The summed E-state index contributed by atoms with van der Waals surface area (Å²) >= 11 is 2.91. The normalized spacial score (nSPS) is 14.1. The second-order valence-electron chi connectivity index (χ2n) is 6.69. The van der Waals surface area contributed by atoms with Gasteiger partial charge in [0.05, 0.1) is 10.3 Å². The molecule has 0 saturated carbocycles. The Bertz CT molecular complexity index is 1270. The number of aryl methyl sites for hydroxylation is 2. The zero-order valence-corrected chi connectivity index (χ0v) is 16.3. The van der Waals surface area contributed by atoms with Crippen molar-refractivity contribution in [3.05, 3.63) is 55.2 Å². The Kier molecular flexibility index (Phi) is 4.09. The minimum absolute atomic E-state index is 0.0219. The lowest BCUT2D eigenvalue weighted by atomic mass is 10.1. The van der Waals surface area contributed by atoms with Gasteiger partial charge in [0, 0.05) is 22.7 Å². The van der Waals surface area contributed by atoms with Crippen LogP contribution in [0.25, 0.3) is 15.2 Å². The second kappa shape index (κ2) is 6.64. The number of nitrogens with zero attached hydrogens (tertiary/aromatic N) is 4. The van der Waals surface area contributed by atoms with Gasteiger partial charge in [0.15, 0.2) is 0 Å².